The number of piperidine rings is 1. The fourth-order valence-electron chi connectivity index (χ4n) is 4.32. The Balaban J connectivity index is 1.52. The standard InChI is InChI=1S/C23H28N6O2/c1-15-6-8-17(14-24-15)25-21-20(19-9-7-16-4-2-3-5-18(16)26-19)22(30)28-23(27-21)29-10-12-31-13-11-29/h2-5,7,9,15,17,20,24H,6,8,10-14H2,1H3,(H,25,27,28,30). The van der Waals surface area contributed by atoms with Crippen molar-refractivity contribution in [1.29, 1.82) is 0 Å². The third kappa shape index (κ3) is 4.31. The Hall–Kier alpha value is -2.84. The highest BCUT2D eigenvalue weighted by atomic mass is 16.5. The normalized spacial score (nSPS) is 28.5. The maximum atomic E-state index is 13.3. The summed E-state index contributed by atoms with van der Waals surface area (Å²) in [5.41, 5.74) is 1.54. The predicted octanol–water partition coefficient (Wildman–Crippen LogP) is 1.68. The molecule has 3 aliphatic heterocycles. The van der Waals surface area contributed by atoms with Crippen molar-refractivity contribution >= 4 is 28.6 Å². The van der Waals surface area contributed by atoms with Crippen molar-refractivity contribution in [2.45, 2.75) is 37.8 Å². The number of amides is 1. The van der Waals surface area contributed by atoms with E-state index < -0.39 is 5.92 Å². The largest absolute Gasteiger partial charge is 0.378 e. The highest BCUT2D eigenvalue weighted by Gasteiger charge is 2.35. The third-order valence-corrected chi connectivity index (χ3v) is 6.15. The molecule has 4 heterocycles. The van der Waals surface area contributed by atoms with Gasteiger partial charge in [-0.3, -0.25) is 20.1 Å². The van der Waals surface area contributed by atoms with E-state index in [4.69, 9.17) is 19.7 Å². The van der Waals surface area contributed by atoms with E-state index >= 15 is 0 Å². The van der Waals surface area contributed by atoms with Crippen LogP contribution in [0, 0.1) is 0 Å². The number of benzene rings is 1. The molecule has 0 bridgehead atoms. The van der Waals surface area contributed by atoms with Crippen LogP contribution >= 0.6 is 0 Å². The van der Waals surface area contributed by atoms with E-state index in [1.165, 1.54) is 0 Å². The van der Waals surface area contributed by atoms with Crippen LogP contribution in [0.25, 0.3) is 10.9 Å². The molecule has 1 amide bonds. The first kappa shape index (κ1) is 20.1. The molecule has 8 nitrogen and oxygen atoms in total. The summed E-state index contributed by atoms with van der Waals surface area (Å²) in [6, 6.07) is 12.5. The lowest BCUT2D eigenvalue weighted by atomic mass is 9.98. The van der Waals surface area contributed by atoms with Gasteiger partial charge in [0, 0.05) is 31.1 Å². The molecule has 0 radical (unpaired) electrons. The van der Waals surface area contributed by atoms with Gasteiger partial charge >= 0.3 is 0 Å². The lowest BCUT2D eigenvalue weighted by Gasteiger charge is -2.33. The molecule has 2 fully saturated rings. The SMILES string of the molecule is CC1CCC(N=C2N=C(N3CCOCC3)NC(=O)C2c2ccc3ccccc3n2)CN1. The van der Waals surface area contributed by atoms with E-state index in [2.05, 4.69) is 22.5 Å². The van der Waals surface area contributed by atoms with Crippen LogP contribution in [0.3, 0.4) is 0 Å². The molecule has 31 heavy (non-hydrogen) atoms. The highest BCUT2D eigenvalue weighted by Crippen LogP contribution is 2.25. The highest BCUT2D eigenvalue weighted by molar-refractivity contribution is 6.20. The smallest absolute Gasteiger partial charge is 0.243 e. The first-order valence-electron chi connectivity index (χ1n) is 11.1. The molecule has 162 valence electrons. The minimum atomic E-state index is -0.617. The van der Waals surface area contributed by atoms with E-state index in [9.17, 15) is 4.79 Å². The van der Waals surface area contributed by atoms with Crippen molar-refractivity contribution in [3.8, 4) is 0 Å². The van der Waals surface area contributed by atoms with Crippen LogP contribution in [-0.2, 0) is 9.53 Å². The van der Waals surface area contributed by atoms with Crippen molar-refractivity contribution in [1.82, 2.24) is 20.5 Å². The number of carbonyl (C=O) groups is 1. The predicted molar refractivity (Wildman–Crippen MR) is 120 cm³/mol. The van der Waals surface area contributed by atoms with Gasteiger partial charge in [0.25, 0.3) is 0 Å². The molecule has 2 aromatic rings. The van der Waals surface area contributed by atoms with Gasteiger partial charge in [0.1, 0.15) is 11.8 Å². The monoisotopic (exact) mass is 420 g/mol. The number of aromatic nitrogens is 1. The Kier molecular flexibility index (Phi) is 5.65. The van der Waals surface area contributed by atoms with E-state index in [1.54, 1.807) is 0 Å². The molecule has 0 aliphatic carbocycles. The third-order valence-electron chi connectivity index (χ3n) is 6.15. The molecule has 2 saturated heterocycles. The molecule has 1 aromatic heterocycles. The lowest BCUT2D eigenvalue weighted by Crippen LogP contribution is -2.54. The van der Waals surface area contributed by atoms with Crippen molar-refractivity contribution in [3.05, 3.63) is 42.1 Å². The first-order chi connectivity index (χ1) is 15.2. The molecular weight excluding hydrogens is 392 g/mol. The number of nitrogens with zero attached hydrogens (tertiary/aromatic N) is 4. The van der Waals surface area contributed by atoms with Crippen LogP contribution in [0.4, 0.5) is 0 Å². The Bertz CT molecular complexity index is 1020. The Labute approximate surface area is 181 Å². The Morgan fingerprint density at radius 1 is 1.13 bits per heavy atom. The number of morpholine rings is 1. The fourth-order valence-corrected chi connectivity index (χ4v) is 4.32. The Morgan fingerprint density at radius 2 is 1.97 bits per heavy atom. The average molecular weight is 421 g/mol. The minimum Gasteiger partial charge on any atom is -0.378 e. The van der Waals surface area contributed by atoms with Gasteiger partial charge in [-0.25, -0.2) is 0 Å². The number of ether oxygens (including phenoxy) is 1. The summed E-state index contributed by atoms with van der Waals surface area (Å²) in [4.78, 5) is 30.0. The summed E-state index contributed by atoms with van der Waals surface area (Å²) in [6.07, 6.45) is 2.05. The van der Waals surface area contributed by atoms with Gasteiger partial charge in [-0.1, -0.05) is 24.3 Å². The maximum absolute atomic E-state index is 13.3. The number of fused-ring (bicyclic) bond motifs is 1. The zero-order chi connectivity index (χ0) is 21.2. The molecule has 2 N–H and O–H groups in total. The molecule has 3 unspecified atom stereocenters. The number of nitrogens with one attached hydrogen (secondary N) is 2. The molecule has 0 saturated carbocycles. The minimum absolute atomic E-state index is 0.106. The second-order valence-electron chi connectivity index (χ2n) is 8.41. The van der Waals surface area contributed by atoms with Crippen LogP contribution in [0.2, 0.25) is 0 Å². The number of para-hydroxylation sites is 1. The van der Waals surface area contributed by atoms with Crippen LogP contribution < -0.4 is 10.6 Å². The molecular formula is C23H28N6O2. The molecule has 3 atom stereocenters. The molecule has 0 spiro atoms. The second kappa shape index (κ2) is 8.72. The molecule has 5 rings (SSSR count). The van der Waals surface area contributed by atoms with Crippen LogP contribution in [0.5, 0.6) is 0 Å². The van der Waals surface area contributed by atoms with Crippen LogP contribution in [0.15, 0.2) is 46.4 Å². The summed E-state index contributed by atoms with van der Waals surface area (Å²) >= 11 is 0. The average Bonchev–Trinajstić information content (AvgIpc) is 2.81. The van der Waals surface area contributed by atoms with Crippen molar-refractivity contribution in [2.75, 3.05) is 32.8 Å². The van der Waals surface area contributed by atoms with E-state index in [0.29, 0.717) is 49.8 Å². The van der Waals surface area contributed by atoms with Gasteiger partial charge in [0.05, 0.1) is 30.5 Å². The number of hydrogen-bond acceptors (Lipinski definition) is 6. The van der Waals surface area contributed by atoms with Crippen molar-refractivity contribution in [3.63, 3.8) is 0 Å². The zero-order valence-corrected chi connectivity index (χ0v) is 17.8. The summed E-state index contributed by atoms with van der Waals surface area (Å²) in [5.74, 6) is 0.375. The number of rotatable bonds is 2. The Morgan fingerprint density at radius 3 is 2.77 bits per heavy atom. The second-order valence-corrected chi connectivity index (χ2v) is 8.41. The van der Waals surface area contributed by atoms with Crippen molar-refractivity contribution < 1.29 is 9.53 Å². The van der Waals surface area contributed by atoms with E-state index in [-0.39, 0.29) is 11.9 Å². The maximum Gasteiger partial charge on any atom is 0.243 e. The van der Waals surface area contributed by atoms with Crippen LogP contribution in [0.1, 0.15) is 31.4 Å². The lowest BCUT2D eigenvalue weighted by molar-refractivity contribution is -0.120. The van der Waals surface area contributed by atoms with Crippen molar-refractivity contribution in [2.24, 2.45) is 9.98 Å². The van der Waals surface area contributed by atoms with Gasteiger partial charge in [0.2, 0.25) is 11.9 Å². The van der Waals surface area contributed by atoms with Gasteiger partial charge < -0.3 is 15.0 Å². The summed E-state index contributed by atoms with van der Waals surface area (Å²) in [5, 5.41) is 7.53. The van der Waals surface area contributed by atoms with Crippen LogP contribution in [-0.4, -0.2) is 72.5 Å². The van der Waals surface area contributed by atoms with E-state index in [1.807, 2.05) is 36.4 Å². The number of hydrogen-bond donors (Lipinski definition) is 2. The van der Waals surface area contributed by atoms with Gasteiger partial charge in [-0.05, 0) is 31.9 Å². The van der Waals surface area contributed by atoms with Gasteiger partial charge in [-0.2, -0.15) is 4.99 Å². The van der Waals surface area contributed by atoms with Gasteiger partial charge in [-0.15, -0.1) is 0 Å². The number of guanidine groups is 1. The number of aliphatic imine (C=N–C) groups is 2. The summed E-state index contributed by atoms with van der Waals surface area (Å²) in [7, 11) is 0. The van der Waals surface area contributed by atoms with E-state index in [0.717, 1.165) is 30.3 Å². The molecule has 3 aliphatic rings. The zero-order valence-electron chi connectivity index (χ0n) is 17.8. The number of amidine groups is 1. The number of carbonyl (C=O) groups excluding carboxylic acids is 1. The fraction of sp³-hybridized carbons (Fsp3) is 0.478. The quantitative estimate of drug-likeness (QED) is 0.771. The summed E-state index contributed by atoms with van der Waals surface area (Å²) in [6.45, 7) is 5.64. The molecule has 8 heteroatoms. The first-order valence-corrected chi connectivity index (χ1v) is 11.1. The topological polar surface area (TPSA) is 91.2 Å². The number of pyridine rings is 1. The molecule has 1 aromatic carbocycles. The van der Waals surface area contributed by atoms with Gasteiger partial charge in [0.15, 0.2) is 0 Å². The summed E-state index contributed by atoms with van der Waals surface area (Å²) < 4.78 is 5.45.